The van der Waals surface area contributed by atoms with Gasteiger partial charge < -0.3 is 24.8 Å². The molecule has 0 radical (unpaired) electrons. The zero-order valence-electron chi connectivity index (χ0n) is 23.4. The van der Waals surface area contributed by atoms with Crippen molar-refractivity contribution in [2.75, 3.05) is 0 Å². The van der Waals surface area contributed by atoms with Gasteiger partial charge in [0.05, 0.1) is 5.52 Å². The Morgan fingerprint density at radius 2 is 1.24 bits per heavy atom. The van der Waals surface area contributed by atoms with Crippen LogP contribution in [0.2, 0.25) is 13.1 Å². The van der Waals surface area contributed by atoms with Gasteiger partial charge in [-0.1, -0.05) is 85.3 Å². The number of aryl methyl sites for hydroxylation is 1. The monoisotopic (exact) mass is 665 g/mol. The van der Waals surface area contributed by atoms with Gasteiger partial charge in [-0.05, 0) is 11.6 Å². The molecule has 0 spiro atoms. The van der Waals surface area contributed by atoms with Gasteiger partial charge in [0.25, 0.3) is 0 Å². The van der Waals surface area contributed by atoms with E-state index >= 15 is 0 Å². The summed E-state index contributed by atoms with van der Waals surface area (Å²) in [5.41, 5.74) is 7.55. The van der Waals surface area contributed by atoms with Gasteiger partial charge in [0.1, 0.15) is 0 Å². The van der Waals surface area contributed by atoms with Crippen LogP contribution < -0.4 is 24.8 Å². The molecule has 0 amide bonds. The molecule has 0 atom stereocenters. The zero-order valence-corrected chi connectivity index (χ0v) is 28.4. The first-order chi connectivity index (χ1) is 19.0. The Bertz CT molecular complexity index is 1830. The number of benzene rings is 4. The van der Waals surface area contributed by atoms with Gasteiger partial charge >= 0.3 is 41.9 Å². The predicted octanol–water partition coefficient (Wildman–Crippen LogP) is 4.10. The summed E-state index contributed by atoms with van der Waals surface area (Å²) in [6.07, 6.45) is 1.87. The summed E-state index contributed by atoms with van der Waals surface area (Å²) in [5.74, 6) is 0. The summed E-state index contributed by atoms with van der Waals surface area (Å²) >= 11 is 1.74. The van der Waals surface area contributed by atoms with Gasteiger partial charge in [-0.15, -0.1) is 75.1 Å². The number of hydrogen-bond donors (Lipinski definition) is 0. The molecule has 0 unspecified atom stereocenters. The second-order valence-corrected chi connectivity index (χ2v) is 19.3. The van der Waals surface area contributed by atoms with E-state index in [2.05, 4.69) is 146 Å². The summed E-state index contributed by atoms with van der Waals surface area (Å²) in [6.45, 7) is 6.74. The van der Waals surface area contributed by atoms with Crippen LogP contribution in [-0.4, -0.2) is 10.4 Å². The molecule has 1 nitrogen and oxygen atoms in total. The van der Waals surface area contributed by atoms with Crippen molar-refractivity contribution in [3.8, 4) is 22.3 Å². The fourth-order valence-corrected chi connectivity index (χ4v) is 4.89. The topological polar surface area (TPSA) is 12.9 Å². The third kappa shape index (κ3) is 8.15. The Labute approximate surface area is 270 Å². The second kappa shape index (κ2) is 15.4. The van der Waals surface area contributed by atoms with Crippen molar-refractivity contribution in [2.45, 2.75) is 20.0 Å². The van der Waals surface area contributed by atoms with Crippen LogP contribution in [0.1, 0.15) is 5.56 Å². The SMILES string of the molecule is C[Si](C)=[Zr+2].Cc1cc2ccccc2[cH-]1.[Cl-].[Cl-].c1ccc(-c2cc3c(-c4cccc5cccnc45)cccc3[cH-]2)cc1. The van der Waals surface area contributed by atoms with Crippen LogP contribution >= 0.6 is 0 Å². The maximum Gasteiger partial charge on any atom is 0.0773 e. The van der Waals surface area contributed by atoms with Crippen LogP contribution in [0.25, 0.3) is 54.7 Å². The van der Waals surface area contributed by atoms with E-state index in [9.17, 15) is 0 Å². The van der Waals surface area contributed by atoms with Crippen LogP contribution in [0.15, 0.2) is 134 Å². The number of halogens is 2. The van der Waals surface area contributed by atoms with E-state index in [1.807, 2.05) is 12.3 Å². The minimum absolute atomic E-state index is 0. The first kappa shape index (κ1) is 32.7. The van der Waals surface area contributed by atoms with Crippen molar-refractivity contribution in [3.05, 3.63) is 139 Å². The van der Waals surface area contributed by atoms with Gasteiger partial charge in [-0.3, -0.25) is 4.98 Å². The average molecular weight is 668 g/mol. The first-order valence-electron chi connectivity index (χ1n) is 13.2. The molecule has 0 bridgehead atoms. The van der Waals surface area contributed by atoms with Crippen LogP contribution in [0, 0.1) is 6.92 Å². The molecule has 6 aromatic carbocycles. The number of nitrogens with zero attached hydrogens (tertiary/aromatic N) is 1. The molecule has 0 fully saturated rings. The van der Waals surface area contributed by atoms with Crippen molar-refractivity contribution in [2.24, 2.45) is 0 Å². The first-order valence-corrected chi connectivity index (χ1v) is 19.4. The van der Waals surface area contributed by atoms with Gasteiger partial charge in [0.2, 0.25) is 0 Å². The standard InChI is InChI=1S/C24H16N.C10H9.C2H6Si.2ClH.Zr/c1-2-7-17(8-3-1)20-15-19-10-5-12-21(23(19)16-20)22-13-4-9-18-11-6-14-25-24(18)22;1-8-6-9-4-2-3-5-10(9)7-8;1-3-2;;;/h1-16H;2-7H,1H3;1-2H3;2*1H;/q2*-1;;;;+2/p-2. The molecule has 0 aliphatic heterocycles. The molecule has 1 aromatic heterocycles. The van der Waals surface area contributed by atoms with E-state index in [4.69, 9.17) is 0 Å². The van der Waals surface area contributed by atoms with Crippen molar-refractivity contribution >= 4 is 37.9 Å². The van der Waals surface area contributed by atoms with Gasteiger partial charge in [-0.25, -0.2) is 0 Å². The maximum absolute atomic E-state index is 4.63. The Morgan fingerprint density at radius 3 is 2.00 bits per heavy atom. The molecule has 0 N–H and O–H groups in total. The number of hydrogen-bond acceptors (Lipinski definition) is 1. The van der Waals surface area contributed by atoms with Crippen LogP contribution in [0.3, 0.4) is 0 Å². The van der Waals surface area contributed by atoms with Crippen LogP contribution in [0.5, 0.6) is 0 Å². The minimum Gasteiger partial charge on any atom is -1.00 e. The molecule has 1 heterocycles. The number of rotatable bonds is 2. The van der Waals surface area contributed by atoms with Crippen molar-refractivity contribution in [1.82, 2.24) is 4.98 Å². The summed E-state index contributed by atoms with van der Waals surface area (Å²) in [4.78, 5) is 4.63. The second-order valence-electron chi connectivity index (χ2n) is 9.96. The third-order valence-corrected chi connectivity index (χ3v) is 6.54. The van der Waals surface area contributed by atoms with E-state index in [-0.39, 0.29) is 30.2 Å². The molecule has 0 aliphatic rings. The minimum atomic E-state index is 0. The van der Waals surface area contributed by atoms with Crippen LogP contribution in [-0.2, 0) is 23.3 Å². The normalized spacial score (nSPS) is 10.1. The fourth-order valence-electron chi connectivity index (χ4n) is 4.89. The van der Waals surface area contributed by atoms with E-state index in [0.29, 0.717) is 0 Å². The Kier molecular flexibility index (Phi) is 12.3. The van der Waals surface area contributed by atoms with Gasteiger partial charge in [-0.2, -0.15) is 6.07 Å². The quantitative estimate of drug-likeness (QED) is 0.200. The predicted molar refractivity (Wildman–Crippen MR) is 167 cm³/mol. The third-order valence-electron chi connectivity index (χ3n) is 6.54. The van der Waals surface area contributed by atoms with Crippen molar-refractivity contribution < 1.29 is 48.1 Å². The zero-order chi connectivity index (χ0) is 27.2. The van der Waals surface area contributed by atoms with E-state index < -0.39 is 0 Å². The van der Waals surface area contributed by atoms with Crippen LogP contribution in [0.4, 0.5) is 0 Å². The summed E-state index contributed by atoms with van der Waals surface area (Å²) in [6, 6.07) is 45.0. The van der Waals surface area contributed by atoms with Crippen molar-refractivity contribution in [1.29, 1.82) is 0 Å². The Balaban J connectivity index is 0.000000242. The molecule has 204 valence electrons. The van der Waals surface area contributed by atoms with Crippen molar-refractivity contribution in [3.63, 3.8) is 0 Å². The Hall–Kier alpha value is -2.81. The molecule has 0 aliphatic carbocycles. The summed E-state index contributed by atoms with van der Waals surface area (Å²) < 4.78 is 0. The summed E-state index contributed by atoms with van der Waals surface area (Å²) in [7, 11) is 0. The fraction of sp³-hybridized carbons (Fsp3) is 0.0833. The maximum atomic E-state index is 4.63. The molecule has 0 saturated heterocycles. The smallest absolute Gasteiger partial charge is 0.0773 e. The molecular formula is C36H31Cl2NSiZr-2. The number of para-hydroxylation sites is 1. The molecule has 41 heavy (non-hydrogen) atoms. The number of fused-ring (bicyclic) bond motifs is 3. The molecule has 5 heteroatoms. The molecular weight excluding hydrogens is 637 g/mol. The van der Waals surface area contributed by atoms with E-state index in [1.54, 1.807) is 23.3 Å². The Morgan fingerprint density at radius 1 is 0.634 bits per heavy atom. The summed E-state index contributed by atoms with van der Waals surface area (Å²) in [5, 5.41) is 6.41. The number of pyridine rings is 1. The van der Waals surface area contributed by atoms with E-state index in [1.165, 1.54) is 54.7 Å². The molecule has 7 rings (SSSR count). The van der Waals surface area contributed by atoms with Gasteiger partial charge in [0.15, 0.2) is 0 Å². The number of aromatic nitrogens is 1. The molecule has 7 aromatic rings. The van der Waals surface area contributed by atoms with Gasteiger partial charge in [0, 0.05) is 17.1 Å². The van der Waals surface area contributed by atoms with E-state index in [0.717, 1.165) is 5.52 Å². The molecule has 0 saturated carbocycles. The average Bonchev–Trinajstić information content (AvgIpc) is 3.56. The largest absolute Gasteiger partial charge is 1.00 e.